The Morgan fingerprint density at radius 2 is 1.93 bits per heavy atom. The van der Waals surface area contributed by atoms with Gasteiger partial charge in [0.25, 0.3) is 0 Å². The summed E-state index contributed by atoms with van der Waals surface area (Å²) in [6.45, 7) is 5.51. The number of ether oxygens (including phenoxy) is 2. The molecule has 1 aliphatic rings. The van der Waals surface area contributed by atoms with E-state index in [1.165, 1.54) is 17.7 Å². The van der Waals surface area contributed by atoms with Gasteiger partial charge in [0.1, 0.15) is 0 Å². The molecule has 1 fully saturated rings. The number of nitrogens with zero attached hydrogens (tertiary/aromatic N) is 1. The SMILES string of the molecule is COc1ccc(CNC(=O)NCC(c2cccs2)N2CCC(C)CC2)cc1OC. The fraction of sp³-hybridized carbons (Fsp3) is 0.500. The summed E-state index contributed by atoms with van der Waals surface area (Å²) in [6.07, 6.45) is 2.43. The topological polar surface area (TPSA) is 62.8 Å². The highest BCUT2D eigenvalue weighted by molar-refractivity contribution is 7.10. The smallest absolute Gasteiger partial charge is 0.315 e. The second kappa shape index (κ2) is 10.5. The highest BCUT2D eigenvalue weighted by atomic mass is 32.1. The molecular weight excluding hydrogens is 386 g/mol. The van der Waals surface area contributed by atoms with Crippen LogP contribution in [0.5, 0.6) is 11.5 Å². The Bertz CT molecular complexity index is 774. The van der Waals surface area contributed by atoms with E-state index in [9.17, 15) is 4.79 Å². The van der Waals surface area contributed by atoms with Gasteiger partial charge in [0, 0.05) is 18.0 Å². The zero-order valence-corrected chi connectivity index (χ0v) is 18.3. The number of carbonyl (C=O) groups is 1. The van der Waals surface area contributed by atoms with Crippen molar-refractivity contribution in [2.45, 2.75) is 32.4 Å². The van der Waals surface area contributed by atoms with Crippen molar-refractivity contribution < 1.29 is 14.3 Å². The summed E-state index contributed by atoms with van der Waals surface area (Å²) < 4.78 is 10.6. The molecule has 0 radical (unpaired) electrons. The minimum Gasteiger partial charge on any atom is -0.493 e. The fourth-order valence-corrected chi connectivity index (χ4v) is 4.52. The van der Waals surface area contributed by atoms with Crippen LogP contribution in [-0.2, 0) is 6.54 Å². The Labute approximate surface area is 177 Å². The number of likely N-dealkylation sites (tertiary alicyclic amines) is 1. The van der Waals surface area contributed by atoms with Crippen LogP contribution in [0, 0.1) is 5.92 Å². The van der Waals surface area contributed by atoms with Gasteiger partial charge in [0.05, 0.1) is 20.3 Å². The maximum Gasteiger partial charge on any atom is 0.315 e. The summed E-state index contributed by atoms with van der Waals surface area (Å²) in [5.74, 6) is 2.12. The number of amides is 2. The largest absolute Gasteiger partial charge is 0.493 e. The van der Waals surface area contributed by atoms with Crippen molar-refractivity contribution in [3.63, 3.8) is 0 Å². The third-order valence-corrected chi connectivity index (χ3v) is 6.46. The van der Waals surface area contributed by atoms with Gasteiger partial charge in [-0.2, -0.15) is 0 Å². The number of urea groups is 1. The first-order chi connectivity index (χ1) is 14.1. The highest BCUT2D eigenvalue weighted by Gasteiger charge is 2.25. The molecule has 0 aliphatic carbocycles. The number of piperidine rings is 1. The van der Waals surface area contributed by atoms with Crippen molar-refractivity contribution in [1.82, 2.24) is 15.5 Å². The van der Waals surface area contributed by atoms with Crippen molar-refractivity contribution in [1.29, 1.82) is 0 Å². The van der Waals surface area contributed by atoms with Crippen LogP contribution in [0.4, 0.5) is 4.79 Å². The molecule has 1 saturated heterocycles. The standard InChI is InChI=1S/C22H31N3O3S/c1-16-8-10-25(11-9-16)18(21-5-4-12-29-21)15-24-22(26)23-14-17-6-7-19(27-2)20(13-17)28-3/h4-7,12-13,16,18H,8-11,14-15H2,1-3H3,(H2,23,24,26). The van der Waals surface area contributed by atoms with E-state index in [0.29, 0.717) is 24.6 Å². The Morgan fingerprint density at radius 1 is 1.17 bits per heavy atom. The number of nitrogens with one attached hydrogen (secondary N) is 2. The van der Waals surface area contributed by atoms with Crippen LogP contribution in [0.3, 0.4) is 0 Å². The van der Waals surface area contributed by atoms with E-state index < -0.39 is 0 Å². The third-order valence-electron chi connectivity index (χ3n) is 5.49. The number of hydrogen-bond acceptors (Lipinski definition) is 5. The second-order valence-electron chi connectivity index (χ2n) is 7.50. The van der Waals surface area contributed by atoms with Gasteiger partial charge in [-0.1, -0.05) is 19.1 Å². The predicted molar refractivity (Wildman–Crippen MR) is 117 cm³/mol. The van der Waals surface area contributed by atoms with Gasteiger partial charge in [-0.15, -0.1) is 11.3 Å². The zero-order chi connectivity index (χ0) is 20.6. The third kappa shape index (κ3) is 5.87. The van der Waals surface area contributed by atoms with E-state index in [4.69, 9.17) is 9.47 Å². The van der Waals surface area contributed by atoms with Crippen LogP contribution in [0.25, 0.3) is 0 Å². The van der Waals surface area contributed by atoms with Crippen molar-refractivity contribution >= 4 is 17.4 Å². The molecule has 2 aromatic rings. The summed E-state index contributed by atoms with van der Waals surface area (Å²) >= 11 is 1.76. The summed E-state index contributed by atoms with van der Waals surface area (Å²) in [5, 5.41) is 8.10. The summed E-state index contributed by atoms with van der Waals surface area (Å²) in [6, 6.07) is 9.96. The first-order valence-corrected chi connectivity index (χ1v) is 11.0. The van der Waals surface area contributed by atoms with Gasteiger partial charge in [0.2, 0.25) is 0 Å². The number of hydrogen-bond donors (Lipinski definition) is 2. The molecule has 1 aromatic carbocycles. The average Bonchev–Trinajstić information content (AvgIpc) is 3.28. The van der Waals surface area contributed by atoms with E-state index in [1.807, 2.05) is 18.2 Å². The quantitative estimate of drug-likeness (QED) is 0.681. The van der Waals surface area contributed by atoms with E-state index in [2.05, 4.69) is 40.0 Å². The lowest BCUT2D eigenvalue weighted by Crippen LogP contribution is -2.44. The van der Waals surface area contributed by atoms with Gasteiger partial charge in [-0.05, 0) is 61.0 Å². The molecule has 3 rings (SSSR count). The molecule has 0 bridgehead atoms. The van der Waals surface area contributed by atoms with Crippen LogP contribution >= 0.6 is 11.3 Å². The lowest BCUT2D eigenvalue weighted by atomic mass is 9.97. The normalized spacial score (nSPS) is 16.2. The first kappa shape index (κ1) is 21.5. The van der Waals surface area contributed by atoms with Crippen molar-refractivity contribution in [3.05, 3.63) is 46.2 Å². The van der Waals surface area contributed by atoms with Gasteiger partial charge < -0.3 is 20.1 Å². The Balaban J connectivity index is 1.53. The maximum atomic E-state index is 12.4. The molecule has 1 atom stereocenters. The van der Waals surface area contributed by atoms with Crippen LogP contribution in [0.15, 0.2) is 35.7 Å². The number of methoxy groups -OCH3 is 2. The molecule has 1 aliphatic heterocycles. The fourth-order valence-electron chi connectivity index (χ4n) is 3.66. The molecule has 0 spiro atoms. The average molecular weight is 418 g/mol. The molecule has 6 nitrogen and oxygen atoms in total. The number of rotatable bonds is 8. The zero-order valence-electron chi connectivity index (χ0n) is 17.4. The Kier molecular flexibility index (Phi) is 7.77. The molecule has 2 amide bonds. The van der Waals surface area contributed by atoms with E-state index in [0.717, 1.165) is 24.6 Å². The van der Waals surface area contributed by atoms with Gasteiger partial charge in [0.15, 0.2) is 11.5 Å². The number of benzene rings is 1. The van der Waals surface area contributed by atoms with Crippen molar-refractivity contribution in [2.75, 3.05) is 33.9 Å². The summed E-state index contributed by atoms with van der Waals surface area (Å²) in [4.78, 5) is 16.2. The number of thiophene rings is 1. The van der Waals surface area contributed by atoms with Crippen LogP contribution < -0.4 is 20.1 Å². The second-order valence-corrected chi connectivity index (χ2v) is 8.48. The summed E-state index contributed by atoms with van der Waals surface area (Å²) in [7, 11) is 3.21. The van der Waals surface area contributed by atoms with Crippen LogP contribution in [0.2, 0.25) is 0 Å². The molecule has 158 valence electrons. The van der Waals surface area contributed by atoms with Gasteiger partial charge in [-0.25, -0.2) is 4.79 Å². The van der Waals surface area contributed by atoms with E-state index >= 15 is 0 Å². The maximum absolute atomic E-state index is 12.4. The predicted octanol–water partition coefficient (Wildman–Crippen LogP) is 4.04. The minimum atomic E-state index is -0.160. The lowest BCUT2D eigenvalue weighted by Gasteiger charge is -2.36. The van der Waals surface area contributed by atoms with Crippen molar-refractivity contribution in [3.8, 4) is 11.5 Å². The van der Waals surface area contributed by atoms with Crippen molar-refractivity contribution in [2.24, 2.45) is 5.92 Å². The molecule has 29 heavy (non-hydrogen) atoms. The monoisotopic (exact) mass is 417 g/mol. The first-order valence-electron chi connectivity index (χ1n) is 10.1. The Hall–Kier alpha value is -2.25. The molecule has 2 heterocycles. The molecule has 1 unspecified atom stereocenters. The molecule has 2 N–H and O–H groups in total. The van der Waals surface area contributed by atoms with Crippen LogP contribution in [-0.4, -0.2) is 44.8 Å². The molecular formula is C22H31N3O3S. The van der Waals surface area contributed by atoms with Gasteiger partial charge in [-0.3, -0.25) is 4.90 Å². The highest BCUT2D eigenvalue weighted by Crippen LogP contribution is 2.29. The Morgan fingerprint density at radius 3 is 2.59 bits per heavy atom. The van der Waals surface area contributed by atoms with E-state index in [1.54, 1.807) is 25.6 Å². The molecule has 1 aromatic heterocycles. The number of carbonyl (C=O) groups excluding carboxylic acids is 1. The minimum absolute atomic E-state index is 0.160. The van der Waals surface area contributed by atoms with Gasteiger partial charge >= 0.3 is 6.03 Å². The molecule has 7 heteroatoms. The van der Waals surface area contributed by atoms with E-state index in [-0.39, 0.29) is 12.1 Å². The summed E-state index contributed by atoms with van der Waals surface area (Å²) in [5.41, 5.74) is 0.956. The lowest BCUT2D eigenvalue weighted by molar-refractivity contribution is 0.138. The molecule has 0 saturated carbocycles. The van der Waals surface area contributed by atoms with Crippen LogP contribution in [0.1, 0.15) is 36.2 Å².